The van der Waals surface area contributed by atoms with Gasteiger partial charge in [-0.05, 0) is 23.6 Å². The van der Waals surface area contributed by atoms with E-state index in [9.17, 15) is 4.79 Å². The number of anilines is 2. The first-order valence-corrected chi connectivity index (χ1v) is 11.1. The van der Waals surface area contributed by atoms with Crippen LogP contribution in [-0.4, -0.2) is 52.1 Å². The Balaban J connectivity index is 1.51. The maximum atomic E-state index is 12.5. The SMILES string of the molecule is COc1cc2ncnc(Nc3ccc(CC(=O)Cn4cc(C(C)C)nn4)cc3)c2c(OC)c1OC. The summed E-state index contributed by atoms with van der Waals surface area (Å²) in [5.41, 5.74) is 3.23. The van der Waals surface area contributed by atoms with Crippen LogP contribution in [0.15, 0.2) is 42.9 Å². The number of nitrogens with one attached hydrogen (secondary N) is 1. The molecule has 2 aromatic carbocycles. The van der Waals surface area contributed by atoms with Gasteiger partial charge in [0.1, 0.15) is 18.7 Å². The fraction of sp³-hybridized carbons (Fsp3) is 0.320. The van der Waals surface area contributed by atoms with Crippen LogP contribution < -0.4 is 19.5 Å². The molecule has 0 unspecified atom stereocenters. The molecule has 0 aliphatic heterocycles. The molecule has 2 aromatic heterocycles. The minimum Gasteiger partial charge on any atom is -0.493 e. The molecule has 0 aliphatic rings. The molecular weight excluding hydrogens is 448 g/mol. The Morgan fingerprint density at radius 1 is 1.03 bits per heavy atom. The third kappa shape index (κ3) is 5.16. The minimum atomic E-state index is 0.0542. The zero-order valence-electron chi connectivity index (χ0n) is 20.4. The number of hydrogen-bond acceptors (Lipinski definition) is 9. The summed E-state index contributed by atoms with van der Waals surface area (Å²) in [7, 11) is 4.67. The van der Waals surface area contributed by atoms with Gasteiger partial charge >= 0.3 is 0 Å². The summed E-state index contributed by atoms with van der Waals surface area (Å²) in [5.74, 6) is 2.33. The fourth-order valence-electron chi connectivity index (χ4n) is 3.74. The van der Waals surface area contributed by atoms with Gasteiger partial charge in [-0.2, -0.15) is 0 Å². The molecule has 2 heterocycles. The molecule has 0 bridgehead atoms. The number of hydrogen-bond donors (Lipinski definition) is 1. The Morgan fingerprint density at radius 3 is 2.40 bits per heavy atom. The van der Waals surface area contributed by atoms with Crippen molar-refractivity contribution in [2.24, 2.45) is 0 Å². The second-order valence-electron chi connectivity index (χ2n) is 8.29. The summed E-state index contributed by atoms with van der Waals surface area (Å²) in [5, 5.41) is 12.1. The molecule has 0 amide bonds. The number of methoxy groups -OCH3 is 3. The first kappa shape index (κ1) is 23.9. The first-order valence-electron chi connectivity index (χ1n) is 11.1. The van der Waals surface area contributed by atoms with Gasteiger partial charge in [0.2, 0.25) is 5.75 Å². The van der Waals surface area contributed by atoms with E-state index < -0.39 is 0 Å². The maximum absolute atomic E-state index is 12.5. The van der Waals surface area contributed by atoms with Crippen molar-refractivity contribution >= 4 is 28.2 Å². The smallest absolute Gasteiger partial charge is 0.204 e. The van der Waals surface area contributed by atoms with E-state index in [1.807, 2.05) is 44.3 Å². The van der Waals surface area contributed by atoms with Gasteiger partial charge in [-0.25, -0.2) is 14.6 Å². The number of ketones is 1. The lowest BCUT2D eigenvalue weighted by molar-refractivity contribution is -0.119. The summed E-state index contributed by atoms with van der Waals surface area (Å²) in [6.45, 7) is 4.27. The number of ether oxygens (including phenoxy) is 3. The highest BCUT2D eigenvalue weighted by Gasteiger charge is 2.20. The number of Topliss-reactive ketones (excluding diaryl/α,β-unsaturated/α-hetero) is 1. The summed E-state index contributed by atoms with van der Waals surface area (Å²) < 4.78 is 18.1. The first-order chi connectivity index (χ1) is 16.9. The van der Waals surface area contributed by atoms with Crippen LogP contribution in [0.25, 0.3) is 10.9 Å². The molecule has 4 rings (SSSR count). The van der Waals surface area contributed by atoms with Crippen molar-refractivity contribution < 1.29 is 19.0 Å². The summed E-state index contributed by atoms with van der Waals surface area (Å²) in [6.07, 6.45) is 3.59. The number of carbonyl (C=O) groups is 1. The molecule has 10 heteroatoms. The molecule has 0 spiro atoms. The molecule has 1 N–H and O–H groups in total. The van der Waals surface area contributed by atoms with E-state index in [0.29, 0.717) is 40.4 Å². The van der Waals surface area contributed by atoms with Crippen molar-refractivity contribution in [1.29, 1.82) is 0 Å². The molecule has 35 heavy (non-hydrogen) atoms. The minimum absolute atomic E-state index is 0.0542. The standard InChI is InChI=1S/C25H28N6O4/c1-15(2)20-13-31(30-29-20)12-18(32)10-16-6-8-17(9-7-16)28-25-22-19(26-14-27-25)11-21(33-3)23(34-4)24(22)35-5/h6-9,11,13-15H,10,12H2,1-5H3,(H,26,27,28). The van der Waals surface area contributed by atoms with Gasteiger partial charge in [-0.15, -0.1) is 5.10 Å². The molecular formula is C25H28N6O4. The van der Waals surface area contributed by atoms with Crippen LogP contribution in [0.5, 0.6) is 17.2 Å². The largest absolute Gasteiger partial charge is 0.493 e. The van der Waals surface area contributed by atoms with Crippen LogP contribution in [0.1, 0.15) is 31.0 Å². The highest BCUT2D eigenvalue weighted by molar-refractivity contribution is 5.99. The van der Waals surface area contributed by atoms with Crippen molar-refractivity contribution in [2.75, 3.05) is 26.6 Å². The summed E-state index contributed by atoms with van der Waals surface area (Å²) >= 11 is 0. The number of fused-ring (bicyclic) bond motifs is 1. The second kappa shape index (κ2) is 10.4. The van der Waals surface area contributed by atoms with Crippen LogP contribution in [-0.2, 0) is 17.8 Å². The summed E-state index contributed by atoms with van der Waals surface area (Å²) in [6, 6.07) is 9.39. The van der Waals surface area contributed by atoms with E-state index in [4.69, 9.17) is 14.2 Å². The van der Waals surface area contributed by atoms with Crippen LogP contribution in [0, 0.1) is 0 Å². The Kier molecular flexibility index (Phi) is 7.09. The normalized spacial score (nSPS) is 11.0. The van der Waals surface area contributed by atoms with E-state index in [0.717, 1.165) is 16.9 Å². The Hall–Kier alpha value is -4.21. The fourth-order valence-corrected chi connectivity index (χ4v) is 3.74. The molecule has 182 valence electrons. The lowest BCUT2D eigenvalue weighted by Crippen LogP contribution is -2.13. The van der Waals surface area contributed by atoms with Gasteiger partial charge in [0.05, 0.1) is 37.9 Å². The van der Waals surface area contributed by atoms with Crippen LogP contribution in [0.4, 0.5) is 11.5 Å². The van der Waals surface area contributed by atoms with Gasteiger partial charge in [0.15, 0.2) is 17.3 Å². The molecule has 0 saturated heterocycles. The Bertz CT molecular complexity index is 1330. The number of carbonyl (C=O) groups excluding carboxylic acids is 1. The average molecular weight is 477 g/mol. The quantitative estimate of drug-likeness (QED) is 0.364. The predicted octanol–water partition coefficient (Wildman–Crippen LogP) is 3.93. The van der Waals surface area contributed by atoms with Crippen molar-refractivity contribution in [2.45, 2.75) is 32.7 Å². The van der Waals surface area contributed by atoms with E-state index >= 15 is 0 Å². The average Bonchev–Trinajstić information content (AvgIpc) is 3.32. The van der Waals surface area contributed by atoms with Gasteiger partial charge in [-0.3, -0.25) is 4.79 Å². The second-order valence-corrected chi connectivity index (χ2v) is 8.29. The van der Waals surface area contributed by atoms with Gasteiger partial charge in [0, 0.05) is 24.4 Å². The number of rotatable bonds is 10. The van der Waals surface area contributed by atoms with Crippen molar-refractivity contribution in [3.63, 3.8) is 0 Å². The zero-order valence-corrected chi connectivity index (χ0v) is 20.4. The van der Waals surface area contributed by atoms with Gasteiger partial charge in [-0.1, -0.05) is 31.2 Å². The molecule has 0 aliphatic carbocycles. The highest BCUT2D eigenvalue weighted by atomic mass is 16.5. The zero-order chi connectivity index (χ0) is 24.9. The number of nitrogens with zero attached hydrogens (tertiary/aromatic N) is 5. The Morgan fingerprint density at radius 2 is 1.77 bits per heavy atom. The number of aromatic nitrogens is 5. The van der Waals surface area contributed by atoms with Crippen molar-refractivity contribution in [3.8, 4) is 17.2 Å². The van der Waals surface area contributed by atoms with Gasteiger partial charge in [0.25, 0.3) is 0 Å². The number of benzene rings is 2. The van der Waals surface area contributed by atoms with E-state index in [1.54, 1.807) is 32.1 Å². The van der Waals surface area contributed by atoms with Crippen molar-refractivity contribution in [1.82, 2.24) is 25.0 Å². The third-order valence-electron chi connectivity index (χ3n) is 5.53. The van der Waals surface area contributed by atoms with E-state index in [2.05, 4.69) is 25.6 Å². The molecule has 4 aromatic rings. The van der Waals surface area contributed by atoms with Gasteiger partial charge < -0.3 is 19.5 Å². The maximum Gasteiger partial charge on any atom is 0.204 e. The van der Waals surface area contributed by atoms with E-state index in [1.165, 1.54) is 6.33 Å². The lowest BCUT2D eigenvalue weighted by atomic mass is 10.1. The van der Waals surface area contributed by atoms with Crippen LogP contribution in [0.2, 0.25) is 0 Å². The Labute approximate surface area is 203 Å². The molecule has 0 saturated carbocycles. The molecule has 0 atom stereocenters. The third-order valence-corrected chi connectivity index (χ3v) is 5.53. The molecule has 0 fully saturated rings. The lowest BCUT2D eigenvalue weighted by Gasteiger charge is -2.16. The summed E-state index contributed by atoms with van der Waals surface area (Å²) in [4.78, 5) is 21.3. The van der Waals surface area contributed by atoms with E-state index in [-0.39, 0.29) is 18.2 Å². The molecule has 0 radical (unpaired) electrons. The predicted molar refractivity (Wildman–Crippen MR) is 132 cm³/mol. The van der Waals surface area contributed by atoms with Crippen LogP contribution in [0.3, 0.4) is 0 Å². The monoisotopic (exact) mass is 476 g/mol. The van der Waals surface area contributed by atoms with Crippen molar-refractivity contribution in [3.05, 3.63) is 54.1 Å². The molecule has 10 nitrogen and oxygen atoms in total. The highest BCUT2D eigenvalue weighted by Crippen LogP contribution is 2.45. The van der Waals surface area contributed by atoms with Crippen LogP contribution >= 0.6 is 0 Å². The topological polar surface area (TPSA) is 113 Å².